The van der Waals surface area contributed by atoms with Gasteiger partial charge in [-0.25, -0.2) is 0 Å². The lowest BCUT2D eigenvalue weighted by atomic mass is 9.75. The summed E-state index contributed by atoms with van der Waals surface area (Å²) in [6.45, 7) is 33.0. The second-order valence-electron chi connectivity index (χ2n) is 14.3. The first-order valence-corrected chi connectivity index (χ1v) is 17.4. The van der Waals surface area contributed by atoms with E-state index in [0.717, 1.165) is 37.0 Å². The fourth-order valence-electron chi connectivity index (χ4n) is 6.25. The largest absolute Gasteiger partial charge is 0.382 e. The van der Waals surface area contributed by atoms with Crippen LogP contribution in [0.15, 0.2) is 140 Å². The molecule has 5 unspecified atom stereocenters. The molecule has 0 aliphatic heterocycles. The highest BCUT2D eigenvalue weighted by molar-refractivity contribution is 5.83. The molecule has 3 aromatic carbocycles. The van der Waals surface area contributed by atoms with Crippen molar-refractivity contribution in [1.29, 1.82) is 0 Å². The Kier molecular flexibility index (Phi) is 14.6. The molecule has 0 amide bonds. The number of para-hydroxylation sites is 1. The molecular formula is C45H60N2. The van der Waals surface area contributed by atoms with Gasteiger partial charge in [0.2, 0.25) is 0 Å². The fraction of sp³-hybridized carbons (Fsp3) is 0.378. The highest BCUT2D eigenvalue weighted by atomic mass is 14.9. The number of hydrogen-bond donors (Lipinski definition) is 2. The van der Waals surface area contributed by atoms with Gasteiger partial charge in [-0.2, -0.15) is 0 Å². The van der Waals surface area contributed by atoms with Gasteiger partial charge >= 0.3 is 0 Å². The van der Waals surface area contributed by atoms with Crippen LogP contribution in [0, 0.1) is 29.6 Å². The molecule has 250 valence electrons. The predicted molar refractivity (Wildman–Crippen MR) is 208 cm³/mol. The second-order valence-corrected chi connectivity index (χ2v) is 14.3. The number of allylic oxidation sites excluding steroid dienone is 3. The molecule has 5 atom stereocenters. The highest BCUT2D eigenvalue weighted by Gasteiger charge is 2.27. The third-order valence-electron chi connectivity index (χ3n) is 9.65. The van der Waals surface area contributed by atoms with Gasteiger partial charge in [-0.05, 0) is 86.0 Å². The van der Waals surface area contributed by atoms with E-state index in [1.807, 2.05) is 0 Å². The Morgan fingerprint density at radius 2 is 1.21 bits per heavy atom. The van der Waals surface area contributed by atoms with Crippen molar-refractivity contribution in [2.45, 2.75) is 80.2 Å². The molecule has 0 saturated heterocycles. The van der Waals surface area contributed by atoms with Gasteiger partial charge in [0.25, 0.3) is 0 Å². The number of nitrogens with one attached hydrogen (secondary N) is 2. The molecule has 2 nitrogen and oxygen atoms in total. The van der Waals surface area contributed by atoms with Crippen molar-refractivity contribution in [2.75, 3.05) is 0 Å². The van der Waals surface area contributed by atoms with Gasteiger partial charge < -0.3 is 10.3 Å². The molecule has 0 bridgehead atoms. The van der Waals surface area contributed by atoms with Gasteiger partial charge in [0, 0.05) is 28.7 Å². The Balaban J connectivity index is 0.000000331. The number of hydrogen-bond acceptors (Lipinski definition) is 1. The van der Waals surface area contributed by atoms with Gasteiger partial charge in [-0.3, -0.25) is 0 Å². The van der Waals surface area contributed by atoms with Crippen molar-refractivity contribution in [2.24, 2.45) is 29.6 Å². The maximum atomic E-state index is 4.60. The third kappa shape index (κ3) is 11.6. The van der Waals surface area contributed by atoms with E-state index in [2.05, 4.69) is 176 Å². The number of aromatic amines is 1. The first-order chi connectivity index (χ1) is 22.4. The molecule has 2 N–H and O–H groups in total. The highest BCUT2D eigenvalue weighted by Crippen LogP contribution is 2.35. The zero-order valence-corrected chi connectivity index (χ0v) is 30.3. The Morgan fingerprint density at radius 1 is 0.660 bits per heavy atom. The molecule has 0 saturated carbocycles. The molecule has 4 rings (SSSR count). The molecule has 4 aromatic rings. The zero-order chi connectivity index (χ0) is 34.5. The topological polar surface area (TPSA) is 27.8 Å². The van der Waals surface area contributed by atoms with E-state index in [0.29, 0.717) is 29.6 Å². The van der Waals surface area contributed by atoms with E-state index in [1.165, 1.54) is 38.7 Å². The van der Waals surface area contributed by atoms with Crippen LogP contribution in [0.2, 0.25) is 0 Å². The average molecular weight is 629 g/mol. The first kappa shape index (κ1) is 37.4. The van der Waals surface area contributed by atoms with Crippen LogP contribution in [0.3, 0.4) is 0 Å². The molecule has 0 radical (unpaired) electrons. The Labute approximate surface area is 286 Å². The van der Waals surface area contributed by atoms with Gasteiger partial charge in [-0.15, -0.1) is 0 Å². The summed E-state index contributed by atoms with van der Waals surface area (Å²) in [5, 5.41) is 5.07. The normalized spacial score (nSPS) is 14.3. The number of H-pyrrole nitrogens is 1. The van der Waals surface area contributed by atoms with Crippen LogP contribution in [0.4, 0.5) is 0 Å². The van der Waals surface area contributed by atoms with Crippen molar-refractivity contribution in [3.05, 3.63) is 157 Å². The summed E-state index contributed by atoms with van der Waals surface area (Å²) in [4.78, 5) is 3.30. The molecule has 0 aliphatic rings. The summed E-state index contributed by atoms with van der Waals surface area (Å²) in [6, 6.07) is 30.0. The summed E-state index contributed by atoms with van der Waals surface area (Å²) in [7, 11) is 0. The van der Waals surface area contributed by atoms with Crippen LogP contribution < -0.4 is 5.32 Å². The first-order valence-electron chi connectivity index (χ1n) is 17.4. The van der Waals surface area contributed by atoms with E-state index in [-0.39, 0.29) is 6.04 Å². The van der Waals surface area contributed by atoms with E-state index in [9.17, 15) is 0 Å². The second kappa shape index (κ2) is 18.3. The summed E-state index contributed by atoms with van der Waals surface area (Å²) >= 11 is 0. The van der Waals surface area contributed by atoms with E-state index in [4.69, 9.17) is 0 Å². The van der Waals surface area contributed by atoms with Gasteiger partial charge in [0.1, 0.15) is 0 Å². The van der Waals surface area contributed by atoms with Crippen LogP contribution >= 0.6 is 0 Å². The minimum absolute atomic E-state index is 0.182. The van der Waals surface area contributed by atoms with Crippen molar-refractivity contribution in [1.82, 2.24) is 10.3 Å². The lowest BCUT2D eigenvalue weighted by Crippen LogP contribution is -2.35. The van der Waals surface area contributed by atoms with Crippen LogP contribution in [-0.2, 0) is 19.3 Å². The molecule has 1 heterocycles. The van der Waals surface area contributed by atoms with Gasteiger partial charge in [0.15, 0.2) is 0 Å². The quantitative estimate of drug-likeness (QED) is 0.119. The fourth-order valence-corrected chi connectivity index (χ4v) is 6.25. The van der Waals surface area contributed by atoms with Gasteiger partial charge in [-0.1, -0.05) is 157 Å². The Bertz CT molecular complexity index is 1570. The van der Waals surface area contributed by atoms with Crippen LogP contribution in [-0.4, -0.2) is 11.0 Å². The lowest BCUT2D eigenvalue weighted by Gasteiger charge is -2.34. The van der Waals surface area contributed by atoms with Crippen molar-refractivity contribution in [3.8, 4) is 0 Å². The van der Waals surface area contributed by atoms with Crippen LogP contribution in [0.5, 0.6) is 0 Å². The average Bonchev–Trinajstić information content (AvgIpc) is 3.46. The predicted octanol–water partition coefficient (Wildman–Crippen LogP) is 11.9. The van der Waals surface area contributed by atoms with Crippen LogP contribution in [0.25, 0.3) is 10.9 Å². The SMILES string of the molecule is C=C(C)C(C)Cc1c[nH]c2ccccc12.C=C(C)C(Cc1ccccc1)NC(=C)C(C)C(CC(C)C)C(=C)C(C)Cc1ccccc1. The molecule has 0 aliphatic carbocycles. The van der Waals surface area contributed by atoms with Crippen molar-refractivity contribution < 1.29 is 0 Å². The molecule has 2 heteroatoms. The summed E-state index contributed by atoms with van der Waals surface area (Å²) in [6.07, 6.45) is 6.26. The minimum Gasteiger partial charge on any atom is -0.382 e. The molecule has 0 fully saturated rings. The van der Waals surface area contributed by atoms with Gasteiger partial charge in [0.05, 0.1) is 6.04 Å². The van der Waals surface area contributed by atoms with E-state index < -0.39 is 0 Å². The monoisotopic (exact) mass is 628 g/mol. The van der Waals surface area contributed by atoms with Crippen molar-refractivity contribution >= 4 is 10.9 Å². The Morgan fingerprint density at radius 3 is 1.77 bits per heavy atom. The van der Waals surface area contributed by atoms with Crippen LogP contribution in [0.1, 0.15) is 71.6 Å². The van der Waals surface area contributed by atoms with Crippen molar-refractivity contribution in [3.63, 3.8) is 0 Å². The third-order valence-corrected chi connectivity index (χ3v) is 9.65. The zero-order valence-electron chi connectivity index (χ0n) is 30.3. The van der Waals surface area contributed by atoms with E-state index in [1.54, 1.807) is 0 Å². The summed E-state index contributed by atoms with van der Waals surface area (Å²) in [5.41, 5.74) is 10.1. The molecule has 1 aromatic heterocycles. The number of rotatable bonds is 16. The maximum absolute atomic E-state index is 4.60. The number of benzene rings is 3. The smallest absolute Gasteiger partial charge is 0.0505 e. The summed E-state index contributed by atoms with van der Waals surface area (Å²) < 4.78 is 0. The number of aromatic nitrogens is 1. The van der Waals surface area contributed by atoms with E-state index >= 15 is 0 Å². The number of fused-ring (bicyclic) bond motifs is 1. The molecule has 0 spiro atoms. The minimum atomic E-state index is 0.182. The molecule has 47 heavy (non-hydrogen) atoms. The Hall–Kier alpha value is -4.04. The molecular weight excluding hydrogens is 569 g/mol. The lowest BCUT2D eigenvalue weighted by molar-refractivity contribution is 0.338. The standard InChI is InChI=1S/C31H43N.C14H17N/c1-22(2)19-30(25(6)24(5)20-28-15-11-9-12-16-28)26(7)27(8)32-31(23(3)4)21-29-17-13-10-14-18-29;1-10(2)11(3)8-12-9-15-14-7-5-4-6-13(12)14/h9-18,22,24,26,30-32H,3,6,8,19-21H2,1-2,4-5,7H3;4-7,9,11,15H,1,8H2,2-3H3. The summed E-state index contributed by atoms with van der Waals surface area (Å²) in [5.74, 6) is 2.29. The maximum Gasteiger partial charge on any atom is 0.0505 e.